The maximum absolute atomic E-state index is 5.95. The Kier molecular flexibility index (Phi) is 3.68. The van der Waals surface area contributed by atoms with Crippen molar-refractivity contribution in [3.05, 3.63) is 35.1 Å². The summed E-state index contributed by atoms with van der Waals surface area (Å²) in [6.45, 7) is 10.2. The van der Waals surface area contributed by atoms with Crippen LogP contribution in [0.3, 0.4) is 0 Å². The highest BCUT2D eigenvalue weighted by atomic mass is 16.7. The average molecular weight is 286 g/mol. The number of aromatic nitrogens is 1. The highest BCUT2D eigenvalue weighted by molar-refractivity contribution is 6.52. The number of nitrogens with zero attached hydrogens (tertiary/aromatic N) is 1. The van der Waals surface area contributed by atoms with Gasteiger partial charge in [0, 0.05) is 25.2 Å². The van der Waals surface area contributed by atoms with Gasteiger partial charge in [0.2, 0.25) is 0 Å². The van der Waals surface area contributed by atoms with Crippen molar-refractivity contribution in [2.75, 3.05) is 6.54 Å². The van der Waals surface area contributed by atoms with Crippen LogP contribution in [0.1, 0.15) is 44.6 Å². The zero-order valence-corrected chi connectivity index (χ0v) is 13.3. The summed E-state index contributed by atoms with van der Waals surface area (Å²) in [7, 11) is -0.311. The highest BCUT2D eigenvalue weighted by Crippen LogP contribution is 2.37. The topological polar surface area (TPSA) is 43.4 Å². The molecular weight excluding hydrogens is 263 g/mol. The molecule has 0 bridgehead atoms. The quantitative estimate of drug-likeness (QED) is 0.848. The van der Waals surface area contributed by atoms with E-state index < -0.39 is 0 Å². The number of hydrogen-bond acceptors (Lipinski definition) is 4. The van der Waals surface area contributed by atoms with Gasteiger partial charge in [0.15, 0.2) is 0 Å². The summed E-state index contributed by atoms with van der Waals surface area (Å²) in [5.74, 6) is 1.95. The molecule has 0 spiro atoms. The third kappa shape index (κ3) is 2.91. The van der Waals surface area contributed by atoms with Crippen LogP contribution in [0.25, 0.3) is 6.08 Å². The molecule has 2 aliphatic rings. The van der Waals surface area contributed by atoms with Crippen molar-refractivity contribution in [3.63, 3.8) is 0 Å². The molecule has 1 N–H and O–H groups in total. The Hall–Kier alpha value is -1.17. The van der Waals surface area contributed by atoms with E-state index in [4.69, 9.17) is 14.3 Å². The van der Waals surface area contributed by atoms with Crippen molar-refractivity contribution in [3.8, 4) is 0 Å². The van der Waals surface area contributed by atoms with Gasteiger partial charge in [-0.05, 0) is 45.4 Å². The second kappa shape index (κ2) is 5.23. The van der Waals surface area contributed by atoms with Crippen molar-refractivity contribution in [2.45, 2.75) is 51.9 Å². The van der Waals surface area contributed by atoms with Crippen LogP contribution in [0.15, 0.2) is 18.1 Å². The van der Waals surface area contributed by atoms with E-state index in [0.717, 1.165) is 25.2 Å². The van der Waals surface area contributed by atoms with E-state index in [2.05, 4.69) is 39.1 Å². The first kappa shape index (κ1) is 14.8. The minimum absolute atomic E-state index is 0.295. The van der Waals surface area contributed by atoms with Crippen molar-refractivity contribution in [2.24, 2.45) is 0 Å². The van der Waals surface area contributed by atoms with Crippen LogP contribution in [0, 0.1) is 0 Å². The van der Waals surface area contributed by atoms with Gasteiger partial charge in [-0.1, -0.05) is 12.0 Å². The van der Waals surface area contributed by atoms with E-state index in [1.165, 1.54) is 11.3 Å². The summed E-state index contributed by atoms with van der Waals surface area (Å²) in [5.41, 5.74) is 2.87. The molecular formula is C16H23BN2O2. The maximum atomic E-state index is 5.95. The Morgan fingerprint density at radius 1 is 1.19 bits per heavy atom. The fourth-order valence-corrected chi connectivity index (χ4v) is 2.59. The van der Waals surface area contributed by atoms with E-state index in [9.17, 15) is 0 Å². The summed E-state index contributed by atoms with van der Waals surface area (Å²) in [6.07, 6.45) is 2.98. The molecule has 0 aromatic carbocycles. The normalized spacial score (nSPS) is 23.5. The summed E-state index contributed by atoms with van der Waals surface area (Å²) in [6, 6.07) is 4.20. The van der Waals surface area contributed by atoms with Crippen LogP contribution in [-0.2, 0) is 22.3 Å². The van der Waals surface area contributed by atoms with Gasteiger partial charge in [-0.25, -0.2) is 0 Å². The fraction of sp³-hybridized carbons (Fsp3) is 0.562. The molecule has 112 valence electrons. The molecule has 0 unspecified atom stereocenters. The Morgan fingerprint density at radius 3 is 2.62 bits per heavy atom. The minimum atomic E-state index is -0.311. The number of rotatable bonds is 2. The molecule has 0 aliphatic carbocycles. The molecule has 3 heterocycles. The number of nitrogens with one attached hydrogen (secondary N) is 1. The fourth-order valence-electron chi connectivity index (χ4n) is 2.59. The Bertz CT molecular complexity index is 553. The molecule has 3 rings (SSSR count). The van der Waals surface area contributed by atoms with Gasteiger partial charge in [0.05, 0.1) is 16.9 Å². The molecule has 4 nitrogen and oxygen atoms in total. The summed E-state index contributed by atoms with van der Waals surface area (Å²) in [5, 5.41) is 3.36. The zero-order valence-electron chi connectivity index (χ0n) is 13.3. The molecule has 5 heteroatoms. The lowest BCUT2D eigenvalue weighted by Gasteiger charge is -2.32. The Labute approximate surface area is 127 Å². The van der Waals surface area contributed by atoms with Gasteiger partial charge < -0.3 is 14.6 Å². The van der Waals surface area contributed by atoms with E-state index >= 15 is 0 Å². The lowest BCUT2D eigenvalue weighted by molar-refractivity contribution is 0.00578. The van der Waals surface area contributed by atoms with Crippen LogP contribution < -0.4 is 5.32 Å². The SMILES string of the molecule is CC1(C)OB(/C=C/c2ccc3c(n2)CCNC3)OC1(C)C. The van der Waals surface area contributed by atoms with Gasteiger partial charge >= 0.3 is 7.12 Å². The number of pyridine rings is 1. The van der Waals surface area contributed by atoms with E-state index in [1.54, 1.807) is 0 Å². The lowest BCUT2D eigenvalue weighted by atomic mass is 9.89. The van der Waals surface area contributed by atoms with Crippen molar-refractivity contribution < 1.29 is 9.31 Å². The maximum Gasteiger partial charge on any atom is 0.487 e. The smallest absolute Gasteiger partial charge is 0.400 e. The molecule has 0 radical (unpaired) electrons. The predicted molar refractivity (Wildman–Crippen MR) is 84.8 cm³/mol. The van der Waals surface area contributed by atoms with Crippen LogP contribution in [0.5, 0.6) is 0 Å². The number of fused-ring (bicyclic) bond motifs is 1. The molecule has 1 fully saturated rings. The van der Waals surface area contributed by atoms with Crippen molar-refractivity contribution in [1.29, 1.82) is 0 Å². The van der Waals surface area contributed by atoms with Crippen LogP contribution in [0.2, 0.25) is 0 Å². The molecule has 1 aromatic rings. The van der Waals surface area contributed by atoms with E-state index in [1.807, 2.05) is 18.1 Å². The van der Waals surface area contributed by atoms with Gasteiger partial charge in [0.25, 0.3) is 0 Å². The molecule has 2 aliphatic heterocycles. The van der Waals surface area contributed by atoms with Crippen LogP contribution in [0.4, 0.5) is 0 Å². The summed E-state index contributed by atoms with van der Waals surface area (Å²) >= 11 is 0. The van der Waals surface area contributed by atoms with Gasteiger partial charge in [-0.3, -0.25) is 4.98 Å². The molecule has 1 aromatic heterocycles. The van der Waals surface area contributed by atoms with Gasteiger partial charge in [-0.2, -0.15) is 0 Å². The Balaban J connectivity index is 1.73. The molecule has 0 amide bonds. The second-order valence-electron chi connectivity index (χ2n) is 6.75. The van der Waals surface area contributed by atoms with Crippen LogP contribution >= 0.6 is 0 Å². The first-order valence-corrected chi connectivity index (χ1v) is 7.61. The van der Waals surface area contributed by atoms with Crippen molar-refractivity contribution >= 4 is 13.2 Å². The van der Waals surface area contributed by atoms with Gasteiger partial charge in [0.1, 0.15) is 0 Å². The lowest BCUT2D eigenvalue weighted by Crippen LogP contribution is -2.41. The van der Waals surface area contributed by atoms with E-state index in [-0.39, 0.29) is 18.3 Å². The largest absolute Gasteiger partial charge is 0.487 e. The summed E-state index contributed by atoms with van der Waals surface area (Å²) < 4.78 is 11.9. The summed E-state index contributed by atoms with van der Waals surface area (Å²) in [4.78, 5) is 4.71. The molecule has 0 atom stereocenters. The zero-order chi connectivity index (χ0) is 15.1. The Morgan fingerprint density at radius 2 is 1.90 bits per heavy atom. The first-order valence-electron chi connectivity index (χ1n) is 7.61. The third-order valence-corrected chi connectivity index (χ3v) is 4.64. The monoisotopic (exact) mass is 286 g/mol. The highest BCUT2D eigenvalue weighted by Gasteiger charge is 2.49. The molecule has 21 heavy (non-hydrogen) atoms. The van der Waals surface area contributed by atoms with Crippen LogP contribution in [-0.4, -0.2) is 29.8 Å². The second-order valence-corrected chi connectivity index (χ2v) is 6.75. The van der Waals surface area contributed by atoms with Crippen molar-refractivity contribution in [1.82, 2.24) is 10.3 Å². The average Bonchev–Trinajstić information content (AvgIpc) is 2.64. The standard InChI is InChI=1S/C16H23BN2O2/c1-15(2)16(3,4)21-17(20-15)9-7-13-6-5-12-11-18-10-8-14(12)19-13/h5-7,9,18H,8,10-11H2,1-4H3/b9-7+. The molecule has 1 saturated heterocycles. The third-order valence-electron chi connectivity index (χ3n) is 4.64. The first-order chi connectivity index (χ1) is 9.87. The molecule has 0 saturated carbocycles. The number of hydrogen-bond donors (Lipinski definition) is 1. The van der Waals surface area contributed by atoms with E-state index in [0.29, 0.717) is 0 Å². The minimum Gasteiger partial charge on any atom is -0.400 e. The van der Waals surface area contributed by atoms with Gasteiger partial charge in [-0.15, -0.1) is 0 Å². The predicted octanol–water partition coefficient (Wildman–Crippen LogP) is 2.37.